The number of ether oxygens (including phenoxy) is 3. The molecule has 1 unspecified atom stereocenters. The SMILES string of the molecule is O=C(/C=C/c1ccn(S(=O)(=O)c2ccc(-c3ccc(OCCN4CCOCC4)cc3)s2)c1)NOC1CCCCO1. The first kappa shape index (κ1) is 28.5. The summed E-state index contributed by atoms with van der Waals surface area (Å²) in [4.78, 5) is 20.4. The Hall–Kier alpha value is -3.00. The number of hydroxylamine groups is 1. The lowest BCUT2D eigenvalue weighted by molar-refractivity contribution is -0.198. The van der Waals surface area contributed by atoms with Gasteiger partial charge in [0, 0.05) is 56.0 Å². The van der Waals surface area contributed by atoms with Crippen molar-refractivity contribution in [3.05, 3.63) is 66.5 Å². The Morgan fingerprint density at radius 1 is 1.07 bits per heavy atom. The van der Waals surface area contributed by atoms with Gasteiger partial charge in [0.15, 0.2) is 6.29 Å². The standard InChI is InChI=1S/C28H33N3O7S2/c32-26(29-38-27-3-1-2-17-37-27)10-4-22-12-13-31(21-22)40(33,34)28-11-9-25(39-28)23-5-7-24(8-6-23)36-20-16-30-14-18-35-19-15-30/h4-13,21,27H,1-3,14-20H2,(H,29,32)/b10-4+. The van der Waals surface area contributed by atoms with Gasteiger partial charge in [-0.25, -0.2) is 14.3 Å². The van der Waals surface area contributed by atoms with Gasteiger partial charge in [0.1, 0.15) is 16.6 Å². The molecule has 12 heteroatoms. The number of amides is 1. The fraction of sp³-hybridized carbons (Fsp3) is 0.393. The fourth-order valence-electron chi connectivity index (χ4n) is 4.33. The van der Waals surface area contributed by atoms with Crippen molar-refractivity contribution in [2.45, 2.75) is 29.8 Å². The van der Waals surface area contributed by atoms with E-state index in [-0.39, 0.29) is 4.21 Å². The summed E-state index contributed by atoms with van der Waals surface area (Å²) in [5.74, 6) is 0.318. The number of nitrogens with zero attached hydrogens (tertiary/aromatic N) is 2. The van der Waals surface area contributed by atoms with Crippen molar-refractivity contribution in [3.63, 3.8) is 0 Å². The lowest BCUT2D eigenvalue weighted by Crippen LogP contribution is -2.38. The summed E-state index contributed by atoms with van der Waals surface area (Å²) >= 11 is 1.20. The number of carbonyl (C=O) groups excluding carboxylic acids is 1. The molecule has 214 valence electrons. The molecule has 1 atom stereocenters. The molecule has 1 amide bonds. The van der Waals surface area contributed by atoms with E-state index in [1.165, 1.54) is 35.9 Å². The summed E-state index contributed by atoms with van der Waals surface area (Å²) in [7, 11) is -3.78. The van der Waals surface area contributed by atoms with Crippen LogP contribution in [0.3, 0.4) is 0 Å². The summed E-state index contributed by atoms with van der Waals surface area (Å²) in [5.41, 5.74) is 3.82. The van der Waals surface area contributed by atoms with Gasteiger partial charge in [0.05, 0.1) is 13.2 Å². The van der Waals surface area contributed by atoms with E-state index in [2.05, 4.69) is 10.4 Å². The highest BCUT2D eigenvalue weighted by Crippen LogP contribution is 2.33. The Balaban J connectivity index is 1.14. The van der Waals surface area contributed by atoms with E-state index in [1.54, 1.807) is 18.2 Å². The van der Waals surface area contributed by atoms with Crippen LogP contribution in [0.2, 0.25) is 0 Å². The maximum absolute atomic E-state index is 13.2. The van der Waals surface area contributed by atoms with Crippen LogP contribution in [0.5, 0.6) is 5.75 Å². The van der Waals surface area contributed by atoms with Crippen LogP contribution in [0.4, 0.5) is 0 Å². The second kappa shape index (κ2) is 13.6. The normalized spacial score (nSPS) is 18.6. The lowest BCUT2D eigenvalue weighted by Gasteiger charge is -2.26. The second-order valence-electron chi connectivity index (χ2n) is 9.44. The van der Waals surface area contributed by atoms with E-state index in [9.17, 15) is 13.2 Å². The number of benzene rings is 1. The minimum atomic E-state index is -3.78. The third kappa shape index (κ3) is 7.59. The predicted molar refractivity (Wildman–Crippen MR) is 151 cm³/mol. The number of thiophene rings is 1. The van der Waals surface area contributed by atoms with Gasteiger partial charge in [0.25, 0.3) is 15.9 Å². The molecule has 4 heterocycles. The van der Waals surface area contributed by atoms with Gasteiger partial charge in [-0.1, -0.05) is 0 Å². The molecule has 2 aromatic heterocycles. The Morgan fingerprint density at radius 3 is 2.67 bits per heavy atom. The molecule has 0 bridgehead atoms. The van der Waals surface area contributed by atoms with Gasteiger partial charge in [-0.05, 0) is 72.5 Å². The largest absolute Gasteiger partial charge is 0.492 e. The summed E-state index contributed by atoms with van der Waals surface area (Å²) in [5, 5.41) is 0. The zero-order valence-corrected chi connectivity index (χ0v) is 23.7. The predicted octanol–water partition coefficient (Wildman–Crippen LogP) is 3.75. The monoisotopic (exact) mass is 587 g/mol. The number of aromatic nitrogens is 1. The third-order valence-corrected chi connectivity index (χ3v) is 9.82. The van der Waals surface area contributed by atoms with Crippen molar-refractivity contribution in [1.82, 2.24) is 14.4 Å². The maximum atomic E-state index is 13.2. The van der Waals surface area contributed by atoms with Crippen molar-refractivity contribution in [2.75, 3.05) is 46.1 Å². The van der Waals surface area contributed by atoms with E-state index >= 15 is 0 Å². The van der Waals surface area contributed by atoms with Gasteiger partial charge in [-0.15, -0.1) is 11.3 Å². The molecule has 40 heavy (non-hydrogen) atoms. The third-order valence-electron chi connectivity index (χ3n) is 6.58. The Bertz CT molecular complexity index is 1390. The summed E-state index contributed by atoms with van der Waals surface area (Å²) in [6, 6.07) is 12.7. The van der Waals surface area contributed by atoms with Crippen LogP contribution in [0.15, 0.2) is 65.1 Å². The van der Waals surface area contributed by atoms with E-state index in [0.29, 0.717) is 18.8 Å². The fourth-order valence-corrected chi connectivity index (χ4v) is 6.95. The van der Waals surface area contributed by atoms with Crippen molar-refractivity contribution in [1.29, 1.82) is 0 Å². The average Bonchev–Trinajstić information content (AvgIpc) is 3.68. The Labute approximate surface area is 238 Å². The topological polar surface area (TPSA) is 108 Å². The van der Waals surface area contributed by atoms with E-state index in [0.717, 1.165) is 72.3 Å². The first-order valence-corrected chi connectivity index (χ1v) is 15.6. The highest BCUT2D eigenvalue weighted by molar-refractivity contribution is 7.92. The summed E-state index contributed by atoms with van der Waals surface area (Å²) in [6.45, 7) is 5.45. The minimum absolute atomic E-state index is 0.220. The van der Waals surface area contributed by atoms with Gasteiger partial charge >= 0.3 is 0 Å². The molecule has 2 aliphatic rings. The molecule has 10 nitrogen and oxygen atoms in total. The van der Waals surface area contributed by atoms with Crippen molar-refractivity contribution in [3.8, 4) is 16.2 Å². The molecule has 1 aromatic carbocycles. The second-order valence-corrected chi connectivity index (χ2v) is 12.6. The zero-order valence-electron chi connectivity index (χ0n) is 22.1. The van der Waals surface area contributed by atoms with E-state index in [4.69, 9.17) is 19.0 Å². The van der Waals surface area contributed by atoms with Crippen LogP contribution in [0, 0.1) is 0 Å². The van der Waals surface area contributed by atoms with Crippen molar-refractivity contribution < 1.29 is 32.3 Å². The number of morpholine rings is 1. The molecular weight excluding hydrogens is 554 g/mol. The number of hydrogen-bond acceptors (Lipinski definition) is 9. The highest BCUT2D eigenvalue weighted by Gasteiger charge is 2.20. The van der Waals surface area contributed by atoms with E-state index in [1.807, 2.05) is 24.3 Å². The van der Waals surface area contributed by atoms with Crippen LogP contribution in [-0.2, 0) is 29.1 Å². The van der Waals surface area contributed by atoms with Crippen LogP contribution in [0.1, 0.15) is 24.8 Å². The molecule has 0 aliphatic carbocycles. The molecular formula is C28H33N3O7S2. The summed E-state index contributed by atoms with van der Waals surface area (Å²) in [6.07, 6.45) is 8.00. The Kier molecular flexibility index (Phi) is 9.68. The van der Waals surface area contributed by atoms with Crippen molar-refractivity contribution in [2.24, 2.45) is 0 Å². The van der Waals surface area contributed by atoms with Gasteiger partial charge < -0.3 is 14.2 Å². The highest BCUT2D eigenvalue weighted by atomic mass is 32.2. The Morgan fingerprint density at radius 2 is 1.90 bits per heavy atom. The molecule has 0 spiro atoms. The summed E-state index contributed by atoms with van der Waals surface area (Å²) < 4.78 is 44.4. The quantitative estimate of drug-likeness (QED) is 0.267. The molecule has 1 N–H and O–H groups in total. The molecule has 2 fully saturated rings. The molecule has 0 saturated carbocycles. The molecule has 2 saturated heterocycles. The lowest BCUT2D eigenvalue weighted by atomic mass is 10.2. The zero-order chi connectivity index (χ0) is 27.8. The number of carbonyl (C=O) groups is 1. The minimum Gasteiger partial charge on any atom is -0.492 e. The molecule has 0 radical (unpaired) electrons. The first-order chi connectivity index (χ1) is 19.5. The maximum Gasteiger partial charge on any atom is 0.277 e. The smallest absolute Gasteiger partial charge is 0.277 e. The van der Waals surface area contributed by atoms with E-state index < -0.39 is 22.2 Å². The number of hydrogen-bond donors (Lipinski definition) is 1. The van der Waals surface area contributed by atoms with Crippen LogP contribution >= 0.6 is 11.3 Å². The van der Waals surface area contributed by atoms with Crippen LogP contribution < -0.4 is 10.2 Å². The van der Waals surface area contributed by atoms with Crippen LogP contribution in [0.25, 0.3) is 16.5 Å². The first-order valence-electron chi connectivity index (χ1n) is 13.3. The van der Waals surface area contributed by atoms with Gasteiger partial charge in [-0.3, -0.25) is 9.69 Å². The average molecular weight is 588 g/mol. The molecule has 3 aromatic rings. The molecule has 2 aliphatic heterocycles. The molecule has 5 rings (SSSR count). The van der Waals surface area contributed by atoms with Crippen LogP contribution in [-0.4, -0.2) is 75.5 Å². The van der Waals surface area contributed by atoms with Gasteiger partial charge in [-0.2, -0.15) is 8.42 Å². The van der Waals surface area contributed by atoms with Crippen molar-refractivity contribution >= 4 is 33.3 Å². The van der Waals surface area contributed by atoms with Gasteiger partial charge in [0.2, 0.25) is 0 Å². The number of rotatable bonds is 11. The number of nitrogens with one attached hydrogen (secondary N) is 1.